The molecule has 0 saturated carbocycles. The number of hydrogen-bond donors (Lipinski definition) is 1. The maximum Gasteiger partial charge on any atom is 0.262 e. The van der Waals surface area contributed by atoms with Gasteiger partial charge in [-0.25, -0.2) is 8.78 Å². The van der Waals surface area contributed by atoms with Gasteiger partial charge in [0.15, 0.2) is 5.82 Å². The van der Waals surface area contributed by atoms with Gasteiger partial charge >= 0.3 is 0 Å². The Morgan fingerprint density at radius 3 is 2.74 bits per heavy atom. The lowest BCUT2D eigenvalue weighted by molar-refractivity contribution is -0.133. The van der Waals surface area contributed by atoms with Gasteiger partial charge in [-0.3, -0.25) is 10.1 Å². The van der Waals surface area contributed by atoms with Crippen LogP contribution in [0.1, 0.15) is 18.5 Å². The average molecular weight is 325 g/mol. The van der Waals surface area contributed by atoms with Crippen LogP contribution in [0.5, 0.6) is 0 Å². The van der Waals surface area contributed by atoms with Crippen molar-refractivity contribution in [1.29, 1.82) is 0 Å². The van der Waals surface area contributed by atoms with Crippen molar-refractivity contribution in [2.24, 2.45) is 0 Å². The summed E-state index contributed by atoms with van der Waals surface area (Å²) >= 11 is 0. The minimum Gasteiger partial charge on any atom is -0.353 e. The van der Waals surface area contributed by atoms with Gasteiger partial charge in [0, 0.05) is 32.6 Å². The molecular weight excluding hydrogens is 304 g/mol. The molecule has 2 aliphatic heterocycles. The van der Waals surface area contributed by atoms with E-state index >= 15 is 0 Å². The van der Waals surface area contributed by atoms with Gasteiger partial charge in [0.05, 0.1) is 18.3 Å². The standard InChI is InChI=1S/C15H21F2N5O/c1-11-3-4-13(20-19-11)21-5-2-6-22(8-7-21)14(23)12-9-15(16,17)10-18-12/h3-4,12,18H,2,5-10H2,1H3. The maximum atomic E-state index is 13.3. The van der Waals surface area contributed by atoms with Crippen molar-refractivity contribution in [3.8, 4) is 0 Å². The lowest BCUT2D eigenvalue weighted by Crippen LogP contribution is -2.45. The molecule has 3 rings (SSSR count). The van der Waals surface area contributed by atoms with E-state index in [9.17, 15) is 13.6 Å². The molecule has 2 fully saturated rings. The highest BCUT2D eigenvalue weighted by Gasteiger charge is 2.43. The lowest BCUT2D eigenvalue weighted by Gasteiger charge is -2.24. The van der Waals surface area contributed by atoms with Gasteiger partial charge in [-0.05, 0) is 25.5 Å². The number of nitrogens with zero attached hydrogens (tertiary/aromatic N) is 4. The molecule has 1 amide bonds. The number of nitrogens with one attached hydrogen (secondary N) is 1. The summed E-state index contributed by atoms with van der Waals surface area (Å²) in [5.74, 6) is -2.22. The van der Waals surface area contributed by atoms with Crippen LogP contribution in [-0.2, 0) is 4.79 Å². The van der Waals surface area contributed by atoms with E-state index < -0.39 is 24.9 Å². The molecule has 0 aromatic carbocycles. The summed E-state index contributed by atoms with van der Waals surface area (Å²) in [4.78, 5) is 16.2. The van der Waals surface area contributed by atoms with Crippen LogP contribution >= 0.6 is 0 Å². The van der Waals surface area contributed by atoms with Crippen molar-refractivity contribution in [2.75, 3.05) is 37.6 Å². The molecule has 2 saturated heterocycles. The Morgan fingerprint density at radius 1 is 1.26 bits per heavy atom. The molecule has 3 heterocycles. The number of carbonyl (C=O) groups is 1. The predicted octanol–water partition coefficient (Wildman–Crippen LogP) is 0.821. The number of aryl methyl sites for hydroxylation is 1. The minimum absolute atomic E-state index is 0.223. The number of aromatic nitrogens is 2. The zero-order chi connectivity index (χ0) is 16.4. The normalized spacial score (nSPS) is 24.6. The zero-order valence-electron chi connectivity index (χ0n) is 13.1. The number of hydrogen-bond acceptors (Lipinski definition) is 5. The summed E-state index contributed by atoms with van der Waals surface area (Å²) in [6, 6.07) is 3.05. The Morgan fingerprint density at radius 2 is 2.09 bits per heavy atom. The smallest absolute Gasteiger partial charge is 0.262 e. The summed E-state index contributed by atoms with van der Waals surface area (Å²) in [6.07, 6.45) is 0.375. The van der Waals surface area contributed by atoms with Crippen LogP contribution in [0.3, 0.4) is 0 Å². The highest BCUT2D eigenvalue weighted by Crippen LogP contribution is 2.26. The first-order valence-electron chi connectivity index (χ1n) is 7.90. The summed E-state index contributed by atoms with van der Waals surface area (Å²) in [7, 11) is 0. The molecule has 1 aromatic heterocycles. The first kappa shape index (κ1) is 16.0. The third kappa shape index (κ3) is 3.74. The monoisotopic (exact) mass is 325 g/mol. The highest BCUT2D eigenvalue weighted by atomic mass is 19.3. The number of alkyl halides is 2. The summed E-state index contributed by atoms with van der Waals surface area (Å²) in [6.45, 7) is 3.96. The highest BCUT2D eigenvalue weighted by molar-refractivity contribution is 5.82. The molecule has 0 radical (unpaired) electrons. The first-order chi connectivity index (χ1) is 10.9. The Balaban J connectivity index is 1.60. The largest absolute Gasteiger partial charge is 0.353 e. The molecule has 2 aliphatic rings. The van der Waals surface area contributed by atoms with Crippen LogP contribution in [0.2, 0.25) is 0 Å². The van der Waals surface area contributed by atoms with E-state index in [-0.39, 0.29) is 5.91 Å². The van der Waals surface area contributed by atoms with E-state index in [1.165, 1.54) is 0 Å². The van der Waals surface area contributed by atoms with Gasteiger partial charge in [-0.2, -0.15) is 5.10 Å². The molecule has 1 atom stereocenters. The first-order valence-corrected chi connectivity index (χ1v) is 7.90. The van der Waals surface area contributed by atoms with Crippen molar-refractivity contribution in [3.63, 3.8) is 0 Å². The molecule has 0 aliphatic carbocycles. The number of rotatable bonds is 2. The van der Waals surface area contributed by atoms with E-state index in [4.69, 9.17) is 0 Å². The van der Waals surface area contributed by atoms with Crippen LogP contribution < -0.4 is 10.2 Å². The number of carbonyl (C=O) groups excluding carboxylic acids is 1. The molecule has 1 N–H and O–H groups in total. The van der Waals surface area contributed by atoms with Gasteiger partial charge in [-0.15, -0.1) is 5.10 Å². The zero-order valence-corrected chi connectivity index (χ0v) is 13.1. The molecule has 1 unspecified atom stereocenters. The molecule has 8 heteroatoms. The Labute approximate surface area is 133 Å². The second kappa shape index (κ2) is 6.35. The van der Waals surface area contributed by atoms with Gasteiger partial charge in [-0.1, -0.05) is 0 Å². The van der Waals surface area contributed by atoms with Gasteiger partial charge < -0.3 is 9.80 Å². The number of halogens is 2. The summed E-state index contributed by atoms with van der Waals surface area (Å²) in [5.41, 5.74) is 0.855. The number of anilines is 1. The van der Waals surface area contributed by atoms with E-state index in [1.54, 1.807) is 4.90 Å². The Bertz CT molecular complexity index is 565. The molecule has 126 valence electrons. The summed E-state index contributed by atoms with van der Waals surface area (Å²) in [5, 5.41) is 10.9. The topological polar surface area (TPSA) is 61.4 Å². The second-order valence-electron chi connectivity index (χ2n) is 6.19. The Hall–Kier alpha value is -1.83. The SMILES string of the molecule is Cc1ccc(N2CCCN(C(=O)C3CC(F)(F)CN3)CC2)nn1. The van der Waals surface area contributed by atoms with Crippen LogP contribution in [0.25, 0.3) is 0 Å². The third-order valence-electron chi connectivity index (χ3n) is 4.32. The fourth-order valence-electron chi connectivity index (χ4n) is 3.04. The van der Waals surface area contributed by atoms with Gasteiger partial charge in [0.2, 0.25) is 5.91 Å². The fourth-order valence-corrected chi connectivity index (χ4v) is 3.04. The van der Waals surface area contributed by atoms with Crippen LogP contribution in [0.4, 0.5) is 14.6 Å². The van der Waals surface area contributed by atoms with E-state index in [2.05, 4.69) is 20.4 Å². The van der Waals surface area contributed by atoms with Gasteiger partial charge in [0.1, 0.15) is 0 Å². The van der Waals surface area contributed by atoms with Crippen molar-refractivity contribution in [2.45, 2.75) is 31.7 Å². The second-order valence-corrected chi connectivity index (χ2v) is 6.19. The van der Waals surface area contributed by atoms with E-state index in [0.717, 1.165) is 24.5 Å². The van der Waals surface area contributed by atoms with Crippen LogP contribution in [0, 0.1) is 6.92 Å². The summed E-state index contributed by atoms with van der Waals surface area (Å²) < 4.78 is 26.5. The molecule has 1 aromatic rings. The van der Waals surface area contributed by atoms with Crippen LogP contribution in [-0.4, -0.2) is 65.7 Å². The molecule has 6 nitrogen and oxygen atoms in total. The quantitative estimate of drug-likeness (QED) is 0.872. The van der Waals surface area contributed by atoms with Gasteiger partial charge in [0.25, 0.3) is 5.92 Å². The number of amides is 1. The molecule has 0 bridgehead atoms. The minimum atomic E-state index is -2.78. The third-order valence-corrected chi connectivity index (χ3v) is 4.32. The van der Waals surface area contributed by atoms with Crippen molar-refractivity contribution in [1.82, 2.24) is 20.4 Å². The van der Waals surface area contributed by atoms with Crippen LogP contribution in [0.15, 0.2) is 12.1 Å². The van der Waals surface area contributed by atoms with E-state index in [0.29, 0.717) is 19.6 Å². The molecule has 23 heavy (non-hydrogen) atoms. The van der Waals surface area contributed by atoms with Crippen molar-refractivity contribution in [3.05, 3.63) is 17.8 Å². The fraction of sp³-hybridized carbons (Fsp3) is 0.667. The Kier molecular flexibility index (Phi) is 4.43. The molecular formula is C15H21F2N5O. The maximum absolute atomic E-state index is 13.3. The average Bonchev–Trinajstić information content (AvgIpc) is 2.74. The predicted molar refractivity (Wildman–Crippen MR) is 81.5 cm³/mol. The van der Waals surface area contributed by atoms with Crippen molar-refractivity contribution < 1.29 is 13.6 Å². The lowest BCUT2D eigenvalue weighted by atomic mass is 10.1. The van der Waals surface area contributed by atoms with Crippen molar-refractivity contribution >= 4 is 11.7 Å². The van der Waals surface area contributed by atoms with E-state index in [1.807, 2.05) is 19.1 Å². The molecule has 0 spiro atoms.